The molecule has 2 aromatic rings. The predicted molar refractivity (Wildman–Crippen MR) is 51.0 cm³/mol. The van der Waals surface area contributed by atoms with E-state index < -0.39 is 0 Å². The fourth-order valence-corrected chi connectivity index (χ4v) is 1.55. The summed E-state index contributed by atoms with van der Waals surface area (Å²) in [5, 5.41) is 4.11. The molecule has 3 rings (SSSR count). The summed E-state index contributed by atoms with van der Waals surface area (Å²) < 4.78 is 6.84. The van der Waals surface area contributed by atoms with Crippen LogP contribution in [0.2, 0.25) is 0 Å². The molecule has 72 valence electrons. The highest BCUT2D eigenvalue weighted by molar-refractivity contribution is 5.47. The van der Waals surface area contributed by atoms with Crippen LogP contribution in [-0.4, -0.2) is 27.8 Å². The van der Waals surface area contributed by atoms with Gasteiger partial charge in [-0.2, -0.15) is 0 Å². The van der Waals surface area contributed by atoms with Gasteiger partial charge in [0.1, 0.15) is 5.82 Å². The number of anilines is 1. The summed E-state index contributed by atoms with van der Waals surface area (Å²) in [5.41, 5.74) is 7.51. The second kappa shape index (κ2) is 2.68. The second-order valence-electron chi connectivity index (χ2n) is 3.49. The average molecular weight is 190 g/mol. The van der Waals surface area contributed by atoms with Gasteiger partial charge in [0.2, 0.25) is 0 Å². The van der Waals surface area contributed by atoms with Gasteiger partial charge in [-0.3, -0.25) is 0 Å². The molecule has 0 bridgehead atoms. The molecule has 1 aliphatic rings. The third-order valence-corrected chi connectivity index (χ3v) is 2.46. The summed E-state index contributed by atoms with van der Waals surface area (Å²) in [7, 11) is 0. The Morgan fingerprint density at radius 2 is 2.36 bits per heavy atom. The van der Waals surface area contributed by atoms with Gasteiger partial charge in [-0.25, -0.2) is 9.50 Å². The molecule has 0 radical (unpaired) electrons. The van der Waals surface area contributed by atoms with E-state index in [9.17, 15) is 0 Å². The molecule has 0 unspecified atom stereocenters. The van der Waals surface area contributed by atoms with Crippen LogP contribution >= 0.6 is 0 Å². The number of fused-ring (bicyclic) bond motifs is 1. The van der Waals surface area contributed by atoms with E-state index in [4.69, 9.17) is 10.5 Å². The zero-order valence-electron chi connectivity index (χ0n) is 7.55. The molecule has 2 aromatic heterocycles. The van der Waals surface area contributed by atoms with Crippen molar-refractivity contribution < 1.29 is 4.74 Å². The van der Waals surface area contributed by atoms with Crippen molar-refractivity contribution in [3.63, 3.8) is 0 Å². The number of hydrogen-bond acceptors (Lipinski definition) is 4. The fourth-order valence-electron chi connectivity index (χ4n) is 1.55. The van der Waals surface area contributed by atoms with Gasteiger partial charge in [-0.05, 0) is 5.56 Å². The summed E-state index contributed by atoms with van der Waals surface area (Å²) in [5.74, 6) is 0.969. The van der Waals surface area contributed by atoms with Gasteiger partial charge in [0.05, 0.1) is 13.2 Å². The third-order valence-electron chi connectivity index (χ3n) is 2.46. The maximum atomic E-state index is 5.57. The molecule has 0 amide bonds. The molecule has 1 fully saturated rings. The van der Waals surface area contributed by atoms with Gasteiger partial charge in [0.25, 0.3) is 0 Å². The lowest BCUT2D eigenvalue weighted by atomic mass is 10.0. The Hall–Kier alpha value is -1.62. The highest BCUT2D eigenvalue weighted by Gasteiger charge is 2.21. The zero-order valence-corrected chi connectivity index (χ0v) is 7.55. The molecular weight excluding hydrogens is 180 g/mol. The second-order valence-corrected chi connectivity index (χ2v) is 3.49. The van der Waals surface area contributed by atoms with Crippen LogP contribution < -0.4 is 5.73 Å². The number of hydrogen-bond donors (Lipinski definition) is 1. The zero-order chi connectivity index (χ0) is 9.54. The van der Waals surface area contributed by atoms with E-state index in [2.05, 4.69) is 10.1 Å². The standard InChI is InChI=1S/C9H10N4O/c10-8-1-9-11-2-6(3-13(9)12-8)7-4-14-5-7/h1-3,7H,4-5H2,(H2,10,12). The van der Waals surface area contributed by atoms with Crippen LogP contribution in [0.4, 0.5) is 5.82 Å². The summed E-state index contributed by atoms with van der Waals surface area (Å²) in [6, 6.07) is 1.75. The van der Waals surface area contributed by atoms with Gasteiger partial charge in [0.15, 0.2) is 5.65 Å². The first-order valence-electron chi connectivity index (χ1n) is 4.51. The minimum Gasteiger partial charge on any atom is -0.382 e. The smallest absolute Gasteiger partial charge is 0.157 e. The van der Waals surface area contributed by atoms with Gasteiger partial charge < -0.3 is 10.5 Å². The molecule has 0 atom stereocenters. The van der Waals surface area contributed by atoms with Crippen molar-refractivity contribution in [3.05, 3.63) is 24.0 Å². The summed E-state index contributed by atoms with van der Waals surface area (Å²) in [6.07, 6.45) is 3.83. The predicted octanol–water partition coefficient (Wildman–Crippen LogP) is 0.425. The molecule has 1 saturated heterocycles. The number of nitrogens with zero attached hydrogens (tertiary/aromatic N) is 3. The molecule has 0 aromatic carbocycles. The van der Waals surface area contributed by atoms with Crippen molar-refractivity contribution in [1.29, 1.82) is 0 Å². The van der Waals surface area contributed by atoms with Crippen LogP contribution in [0.15, 0.2) is 18.5 Å². The van der Waals surface area contributed by atoms with E-state index in [1.54, 1.807) is 10.6 Å². The molecule has 0 spiro atoms. The van der Waals surface area contributed by atoms with Crippen LogP contribution in [0, 0.1) is 0 Å². The number of aromatic nitrogens is 3. The van der Waals surface area contributed by atoms with Gasteiger partial charge in [-0.1, -0.05) is 0 Å². The van der Waals surface area contributed by atoms with Crippen molar-refractivity contribution in [1.82, 2.24) is 14.6 Å². The Labute approximate surface area is 80.5 Å². The van der Waals surface area contributed by atoms with Crippen LogP contribution in [0.5, 0.6) is 0 Å². The maximum absolute atomic E-state index is 5.57. The molecule has 3 heterocycles. The molecular formula is C9H10N4O. The molecule has 5 nitrogen and oxygen atoms in total. The fraction of sp³-hybridized carbons (Fsp3) is 0.333. The van der Waals surface area contributed by atoms with Crippen LogP contribution in [0.1, 0.15) is 11.5 Å². The van der Waals surface area contributed by atoms with Gasteiger partial charge in [0, 0.05) is 24.4 Å². The molecule has 5 heteroatoms. The molecule has 2 N–H and O–H groups in total. The monoisotopic (exact) mass is 190 g/mol. The Morgan fingerprint density at radius 3 is 3.07 bits per heavy atom. The van der Waals surface area contributed by atoms with E-state index in [1.165, 1.54) is 0 Å². The quantitative estimate of drug-likeness (QED) is 0.708. The lowest BCUT2D eigenvalue weighted by Crippen LogP contribution is -2.25. The number of rotatable bonds is 1. The lowest BCUT2D eigenvalue weighted by Gasteiger charge is -2.25. The summed E-state index contributed by atoms with van der Waals surface area (Å²) in [6.45, 7) is 1.56. The van der Waals surface area contributed by atoms with E-state index in [-0.39, 0.29) is 0 Å². The molecule has 0 saturated carbocycles. The van der Waals surface area contributed by atoms with E-state index in [0.29, 0.717) is 11.7 Å². The Morgan fingerprint density at radius 1 is 1.50 bits per heavy atom. The Balaban J connectivity index is 2.09. The van der Waals surface area contributed by atoms with Crippen LogP contribution in [-0.2, 0) is 4.74 Å². The number of nitrogen functional groups attached to an aromatic ring is 1. The maximum Gasteiger partial charge on any atom is 0.157 e. The summed E-state index contributed by atoms with van der Waals surface area (Å²) >= 11 is 0. The Bertz CT molecular complexity index is 475. The first kappa shape index (κ1) is 7.75. The largest absolute Gasteiger partial charge is 0.382 e. The minimum atomic E-state index is 0.470. The van der Waals surface area contributed by atoms with E-state index in [0.717, 1.165) is 24.4 Å². The van der Waals surface area contributed by atoms with Crippen molar-refractivity contribution in [2.45, 2.75) is 5.92 Å². The van der Waals surface area contributed by atoms with Gasteiger partial charge >= 0.3 is 0 Å². The average Bonchev–Trinajstić information content (AvgIpc) is 2.40. The number of ether oxygens (including phenoxy) is 1. The van der Waals surface area contributed by atoms with Crippen LogP contribution in [0.3, 0.4) is 0 Å². The lowest BCUT2D eigenvalue weighted by molar-refractivity contribution is 0.00810. The van der Waals surface area contributed by atoms with Gasteiger partial charge in [-0.15, -0.1) is 5.10 Å². The van der Waals surface area contributed by atoms with E-state index in [1.807, 2.05) is 12.4 Å². The molecule has 14 heavy (non-hydrogen) atoms. The molecule has 0 aliphatic carbocycles. The first-order valence-corrected chi connectivity index (χ1v) is 4.51. The third kappa shape index (κ3) is 1.06. The number of nitrogens with two attached hydrogens (primary N) is 1. The highest BCUT2D eigenvalue weighted by atomic mass is 16.5. The topological polar surface area (TPSA) is 65.4 Å². The van der Waals surface area contributed by atoms with E-state index >= 15 is 0 Å². The Kier molecular flexibility index (Phi) is 1.49. The van der Waals surface area contributed by atoms with Crippen molar-refractivity contribution in [2.75, 3.05) is 18.9 Å². The normalized spacial score (nSPS) is 17.1. The van der Waals surface area contributed by atoms with Crippen molar-refractivity contribution in [2.24, 2.45) is 0 Å². The SMILES string of the molecule is Nc1cc2ncc(C3COC3)cn2n1. The first-order chi connectivity index (χ1) is 6.83. The molecule has 1 aliphatic heterocycles. The van der Waals surface area contributed by atoms with Crippen LogP contribution in [0.25, 0.3) is 5.65 Å². The van der Waals surface area contributed by atoms with Crippen molar-refractivity contribution >= 4 is 11.5 Å². The highest BCUT2D eigenvalue weighted by Crippen LogP contribution is 2.23. The summed E-state index contributed by atoms with van der Waals surface area (Å²) in [4.78, 5) is 4.27. The minimum absolute atomic E-state index is 0.470. The van der Waals surface area contributed by atoms with Crippen molar-refractivity contribution in [3.8, 4) is 0 Å².